The number of likely N-dealkylation sites (N-methyl/N-ethyl adjacent to an activating group) is 1. The fourth-order valence-corrected chi connectivity index (χ4v) is 2.12. The topological polar surface area (TPSA) is 49.4 Å². The van der Waals surface area contributed by atoms with Gasteiger partial charge in [-0.05, 0) is 52.3 Å². The highest BCUT2D eigenvalue weighted by Crippen LogP contribution is 2.21. The van der Waals surface area contributed by atoms with Crippen LogP contribution in [-0.4, -0.2) is 28.8 Å². The van der Waals surface area contributed by atoms with Gasteiger partial charge < -0.3 is 10.2 Å². The first-order valence-electron chi connectivity index (χ1n) is 6.56. The normalized spacial score (nSPS) is 11.1. The number of hydrogen-bond donors (Lipinski definition) is 1. The number of carbonyl (C=O) groups is 2. The Balaban J connectivity index is 2.90. The van der Waals surface area contributed by atoms with E-state index in [-0.39, 0.29) is 0 Å². The molecule has 1 N–H and O–H groups in total. The number of benzene rings is 1. The minimum absolute atomic E-state index is 0.396. The van der Waals surface area contributed by atoms with E-state index < -0.39 is 17.4 Å². The Kier molecular flexibility index (Phi) is 5.17. The van der Waals surface area contributed by atoms with Crippen molar-refractivity contribution >= 4 is 29.1 Å². The summed E-state index contributed by atoms with van der Waals surface area (Å²) >= 11 is 5.90. The molecule has 0 aliphatic rings. The van der Waals surface area contributed by atoms with Gasteiger partial charge in [0.05, 0.1) is 0 Å². The summed E-state index contributed by atoms with van der Waals surface area (Å²) in [5, 5.41) is 3.14. The fraction of sp³-hybridized carbons (Fsp3) is 0.467. The molecule has 20 heavy (non-hydrogen) atoms. The van der Waals surface area contributed by atoms with Crippen molar-refractivity contribution in [3.05, 3.63) is 28.8 Å². The zero-order chi connectivity index (χ0) is 15.5. The molecule has 0 aromatic heterocycles. The van der Waals surface area contributed by atoms with Gasteiger partial charge in [-0.1, -0.05) is 17.7 Å². The van der Waals surface area contributed by atoms with Crippen molar-refractivity contribution < 1.29 is 9.59 Å². The maximum atomic E-state index is 12.2. The van der Waals surface area contributed by atoms with Crippen LogP contribution < -0.4 is 5.32 Å². The third-order valence-corrected chi connectivity index (χ3v) is 3.25. The summed E-state index contributed by atoms with van der Waals surface area (Å²) < 4.78 is 0. The molecule has 0 bridgehead atoms. The van der Waals surface area contributed by atoms with Crippen LogP contribution in [-0.2, 0) is 9.59 Å². The lowest BCUT2D eigenvalue weighted by Crippen LogP contribution is -2.49. The molecule has 0 heterocycles. The van der Waals surface area contributed by atoms with Crippen LogP contribution >= 0.6 is 11.6 Å². The lowest BCUT2D eigenvalue weighted by molar-refractivity contribution is -0.146. The number of anilines is 1. The third kappa shape index (κ3) is 3.97. The van der Waals surface area contributed by atoms with E-state index in [1.54, 1.807) is 18.2 Å². The van der Waals surface area contributed by atoms with E-state index in [1.807, 2.05) is 34.6 Å². The van der Waals surface area contributed by atoms with Gasteiger partial charge in [0.15, 0.2) is 0 Å². The molecule has 0 saturated carbocycles. The van der Waals surface area contributed by atoms with Crippen molar-refractivity contribution in [2.24, 2.45) is 0 Å². The molecule has 0 saturated heterocycles. The van der Waals surface area contributed by atoms with E-state index in [2.05, 4.69) is 5.32 Å². The van der Waals surface area contributed by atoms with Gasteiger partial charge in [0.1, 0.15) is 0 Å². The van der Waals surface area contributed by atoms with Gasteiger partial charge in [0, 0.05) is 22.8 Å². The summed E-state index contributed by atoms with van der Waals surface area (Å²) in [6.45, 7) is 9.86. The van der Waals surface area contributed by atoms with E-state index in [4.69, 9.17) is 11.6 Å². The number of carbonyl (C=O) groups excluding carboxylic acids is 2. The second-order valence-electron chi connectivity index (χ2n) is 5.63. The third-order valence-electron chi connectivity index (χ3n) is 3.01. The number of halogens is 1. The first-order valence-corrected chi connectivity index (χ1v) is 6.93. The van der Waals surface area contributed by atoms with Gasteiger partial charge in [0.25, 0.3) is 0 Å². The van der Waals surface area contributed by atoms with Crippen LogP contribution in [0.25, 0.3) is 0 Å². The van der Waals surface area contributed by atoms with Gasteiger partial charge in [0.2, 0.25) is 0 Å². The quantitative estimate of drug-likeness (QED) is 0.852. The maximum Gasteiger partial charge on any atom is 0.313 e. The van der Waals surface area contributed by atoms with Crippen molar-refractivity contribution in [2.75, 3.05) is 11.9 Å². The minimum Gasteiger partial charge on any atom is -0.330 e. The molecule has 0 unspecified atom stereocenters. The van der Waals surface area contributed by atoms with E-state index in [1.165, 1.54) is 4.90 Å². The molecular formula is C15H21ClN2O2. The number of nitrogens with zero attached hydrogens (tertiary/aromatic N) is 1. The lowest BCUT2D eigenvalue weighted by atomic mass is 10.1. The summed E-state index contributed by atoms with van der Waals surface area (Å²) in [4.78, 5) is 25.8. The van der Waals surface area contributed by atoms with Crippen molar-refractivity contribution in [2.45, 2.75) is 40.2 Å². The Morgan fingerprint density at radius 2 is 1.90 bits per heavy atom. The second-order valence-corrected chi connectivity index (χ2v) is 6.07. The number of amides is 2. The number of rotatable bonds is 2. The molecule has 1 aromatic rings. The Morgan fingerprint density at radius 1 is 1.30 bits per heavy atom. The van der Waals surface area contributed by atoms with E-state index in [0.717, 1.165) is 5.56 Å². The van der Waals surface area contributed by atoms with Crippen molar-refractivity contribution in [3.8, 4) is 0 Å². The van der Waals surface area contributed by atoms with Gasteiger partial charge in [-0.15, -0.1) is 0 Å². The number of hydrogen-bond acceptors (Lipinski definition) is 2. The van der Waals surface area contributed by atoms with Crippen LogP contribution in [0.1, 0.15) is 33.3 Å². The number of nitrogens with one attached hydrogen (secondary N) is 1. The molecule has 110 valence electrons. The molecule has 0 spiro atoms. The summed E-state index contributed by atoms with van der Waals surface area (Å²) in [6.07, 6.45) is 0. The highest BCUT2D eigenvalue weighted by atomic mass is 35.5. The van der Waals surface area contributed by atoms with Gasteiger partial charge in [-0.2, -0.15) is 0 Å². The summed E-state index contributed by atoms with van der Waals surface area (Å²) in [6, 6.07) is 5.17. The summed E-state index contributed by atoms with van der Waals surface area (Å²) in [5.41, 5.74) is 1.02. The molecule has 1 rings (SSSR count). The van der Waals surface area contributed by atoms with E-state index in [9.17, 15) is 9.59 Å². The predicted octanol–water partition coefficient (Wildman–Crippen LogP) is 3.23. The smallest absolute Gasteiger partial charge is 0.313 e. The minimum atomic E-state index is -0.646. The first-order chi connectivity index (χ1) is 9.16. The zero-order valence-electron chi connectivity index (χ0n) is 12.6. The molecular weight excluding hydrogens is 276 g/mol. The monoisotopic (exact) mass is 296 g/mol. The van der Waals surface area contributed by atoms with Crippen LogP contribution in [0.3, 0.4) is 0 Å². The van der Waals surface area contributed by atoms with E-state index in [0.29, 0.717) is 17.3 Å². The highest BCUT2D eigenvalue weighted by molar-refractivity contribution is 6.40. The zero-order valence-corrected chi connectivity index (χ0v) is 13.3. The Labute approximate surface area is 125 Å². The summed E-state index contributed by atoms with van der Waals surface area (Å²) in [5.74, 6) is -1.19. The fourth-order valence-electron chi connectivity index (χ4n) is 1.95. The Hall–Kier alpha value is -1.55. The summed E-state index contributed by atoms with van der Waals surface area (Å²) in [7, 11) is 0. The molecule has 5 heteroatoms. The standard InChI is InChI=1S/C15H21ClN2O2/c1-6-18(15(3,4)5)14(20)13(19)17-12-9-11(16)8-7-10(12)2/h7-9H,6H2,1-5H3,(H,17,19). The average Bonchev–Trinajstić information content (AvgIpc) is 2.32. The number of aryl methyl sites for hydroxylation is 1. The maximum absolute atomic E-state index is 12.2. The first kappa shape index (κ1) is 16.5. The molecule has 1 aromatic carbocycles. The van der Waals surface area contributed by atoms with Crippen molar-refractivity contribution in [3.63, 3.8) is 0 Å². The highest BCUT2D eigenvalue weighted by Gasteiger charge is 2.29. The van der Waals surface area contributed by atoms with E-state index >= 15 is 0 Å². The molecule has 0 fully saturated rings. The molecule has 0 radical (unpaired) electrons. The molecule has 0 aliphatic heterocycles. The van der Waals surface area contributed by atoms with Crippen LogP contribution in [0, 0.1) is 6.92 Å². The largest absolute Gasteiger partial charge is 0.330 e. The Bertz CT molecular complexity index is 521. The molecule has 0 aliphatic carbocycles. The second kappa shape index (κ2) is 6.27. The Morgan fingerprint density at radius 3 is 2.40 bits per heavy atom. The van der Waals surface area contributed by atoms with Crippen LogP contribution in [0.4, 0.5) is 5.69 Å². The van der Waals surface area contributed by atoms with Crippen molar-refractivity contribution in [1.82, 2.24) is 4.90 Å². The molecule has 0 atom stereocenters. The van der Waals surface area contributed by atoms with Gasteiger partial charge >= 0.3 is 11.8 Å². The average molecular weight is 297 g/mol. The SMILES string of the molecule is CCN(C(=O)C(=O)Nc1cc(Cl)ccc1C)C(C)(C)C. The van der Waals surface area contributed by atoms with Crippen LogP contribution in [0.5, 0.6) is 0 Å². The van der Waals surface area contributed by atoms with Crippen molar-refractivity contribution in [1.29, 1.82) is 0 Å². The van der Waals surface area contributed by atoms with Gasteiger partial charge in [-0.25, -0.2) is 0 Å². The van der Waals surface area contributed by atoms with Crippen LogP contribution in [0.15, 0.2) is 18.2 Å². The lowest BCUT2D eigenvalue weighted by Gasteiger charge is -2.34. The molecule has 4 nitrogen and oxygen atoms in total. The predicted molar refractivity (Wildman–Crippen MR) is 82.0 cm³/mol. The van der Waals surface area contributed by atoms with Gasteiger partial charge in [-0.3, -0.25) is 9.59 Å². The van der Waals surface area contributed by atoms with Crippen LogP contribution in [0.2, 0.25) is 5.02 Å². The molecule has 2 amide bonds.